The minimum Gasteiger partial charge on any atom is -0.481 e. The predicted octanol–water partition coefficient (Wildman–Crippen LogP) is 13.7. The number of carbonyl (C=O) groups is 13. The van der Waals surface area contributed by atoms with E-state index in [1.165, 1.54) is 58.3 Å². The van der Waals surface area contributed by atoms with Gasteiger partial charge in [-0.2, -0.15) is 0 Å². The molecule has 0 fully saturated rings. The fraction of sp³-hybridized carbons (Fsp3) is 0.835. The molecule has 0 aliphatic heterocycles. The lowest BCUT2D eigenvalue weighted by atomic mass is 9.92. The molecule has 6 atom stereocenters. The highest BCUT2D eigenvalue weighted by molar-refractivity contribution is 5.86. The topological polar surface area (TPSA) is 429 Å². The molecule has 0 aromatic carbocycles. The summed E-state index contributed by atoms with van der Waals surface area (Å²) in [5.41, 5.74) is 17.4. The van der Waals surface area contributed by atoms with E-state index in [2.05, 4.69) is 28.2 Å². The van der Waals surface area contributed by atoms with Crippen LogP contribution in [0.5, 0.6) is 0 Å². The molecule has 600 valence electrons. The number of hydrogen-bond donors (Lipinski definition) is 11. The summed E-state index contributed by atoms with van der Waals surface area (Å²) < 4.78 is 0. The van der Waals surface area contributed by atoms with Gasteiger partial charge in [-0.3, -0.25) is 57.5 Å². The number of hydrogen-bond acceptors (Lipinski definition) is 16. The van der Waals surface area contributed by atoms with Crippen LogP contribution in [-0.4, -0.2) is 141 Å². The van der Waals surface area contributed by atoms with E-state index in [-0.39, 0.29) is 109 Å². The van der Waals surface area contributed by atoms with Crippen LogP contribution in [0.3, 0.4) is 0 Å². The lowest BCUT2D eigenvalue weighted by Gasteiger charge is -2.14. The van der Waals surface area contributed by atoms with Crippen LogP contribution in [-0.2, 0) is 62.3 Å². The van der Waals surface area contributed by atoms with Crippen molar-refractivity contribution >= 4 is 76.4 Å². The molecular weight excluding hydrogens is 1320 g/mol. The molecule has 0 aliphatic carbocycles. The Hall–Kier alpha value is -6.01. The first-order valence-electron chi connectivity index (χ1n) is 39.6. The molecule has 103 heavy (non-hydrogen) atoms. The fourth-order valence-electron chi connectivity index (χ4n) is 10.6. The molecule has 0 radical (unpaired) electrons. The fourth-order valence-corrected chi connectivity index (χ4v) is 10.6. The largest absolute Gasteiger partial charge is 0.481 e. The Balaban J connectivity index is -0.000000793. The smallest absolute Gasteiger partial charge is 0.326 e. The van der Waals surface area contributed by atoms with Crippen molar-refractivity contribution in [3.05, 3.63) is 0 Å². The van der Waals surface area contributed by atoms with Gasteiger partial charge in [-0.25, -0.2) is 4.79 Å². The van der Waals surface area contributed by atoms with Crippen molar-refractivity contribution in [2.75, 3.05) is 19.6 Å². The van der Waals surface area contributed by atoms with Gasteiger partial charge in [0, 0.05) is 82.3 Å². The number of ketones is 5. The van der Waals surface area contributed by atoms with Crippen molar-refractivity contribution in [2.24, 2.45) is 34.5 Å². The Labute approximate surface area is 620 Å². The molecule has 0 aromatic heterocycles. The van der Waals surface area contributed by atoms with E-state index in [1.54, 1.807) is 13.8 Å². The van der Waals surface area contributed by atoms with Gasteiger partial charge in [0.1, 0.15) is 35.0 Å². The van der Waals surface area contributed by atoms with Gasteiger partial charge in [-0.1, -0.05) is 189 Å². The first-order chi connectivity index (χ1) is 48.7. The molecule has 0 rings (SSSR count). The average Bonchev–Trinajstić information content (AvgIpc) is 0.960. The van der Waals surface area contributed by atoms with Crippen LogP contribution in [0.1, 0.15) is 364 Å². The summed E-state index contributed by atoms with van der Waals surface area (Å²) >= 11 is 0. The number of rotatable bonds is 65. The van der Waals surface area contributed by atoms with Crippen molar-refractivity contribution in [3.63, 3.8) is 0 Å². The molecule has 0 saturated heterocycles. The first-order valence-corrected chi connectivity index (χ1v) is 39.6. The van der Waals surface area contributed by atoms with Gasteiger partial charge >= 0.3 is 23.9 Å². The number of carboxylic acids is 4. The van der Waals surface area contributed by atoms with Crippen LogP contribution in [0.25, 0.3) is 0 Å². The lowest BCUT2D eigenvalue weighted by Crippen LogP contribution is -2.41. The quantitative estimate of drug-likeness (QED) is 0.0252. The van der Waals surface area contributed by atoms with E-state index >= 15 is 0 Å². The maximum atomic E-state index is 12.4. The second kappa shape index (κ2) is 70.3. The second-order valence-electron chi connectivity index (χ2n) is 29.2. The van der Waals surface area contributed by atoms with Gasteiger partial charge in [-0.05, 0) is 124 Å². The Morgan fingerprint density at radius 1 is 0.350 bits per heavy atom. The van der Waals surface area contributed by atoms with Gasteiger partial charge in [0.15, 0.2) is 0 Å². The summed E-state index contributed by atoms with van der Waals surface area (Å²) in [6.07, 6.45) is 36.7. The molecule has 0 aliphatic rings. The van der Waals surface area contributed by atoms with Gasteiger partial charge in [0.05, 0.1) is 24.0 Å². The molecular formula is C79H147N7O17. The summed E-state index contributed by atoms with van der Waals surface area (Å²) in [4.78, 5) is 149. The summed E-state index contributed by atoms with van der Waals surface area (Å²) in [5, 5.41) is 47.1. The van der Waals surface area contributed by atoms with Crippen molar-refractivity contribution in [1.29, 1.82) is 0 Å². The number of amides is 4. The Kier molecular flexibility index (Phi) is 70.5. The summed E-state index contributed by atoms with van der Waals surface area (Å²) in [5.74, 6) is -4.71. The van der Waals surface area contributed by atoms with Crippen molar-refractivity contribution in [3.8, 4) is 0 Å². The summed E-state index contributed by atoms with van der Waals surface area (Å²) in [6.45, 7) is 18.0. The third-order valence-corrected chi connectivity index (χ3v) is 18.2. The van der Waals surface area contributed by atoms with Crippen molar-refractivity contribution in [2.45, 2.75) is 388 Å². The van der Waals surface area contributed by atoms with E-state index in [1.807, 2.05) is 34.6 Å². The van der Waals surface area contributed by atoms with Gasteiger partial charge < -0.3 is 58.9 Å². The number of unbranched alkanes of at least 4 members (excludes halogenated alkanes) is 26. The Morgan fingerprint density at radius 2 is 0.709 bits per heavy atom. The van der Waals surface area contributed by atoms with Crippen LogP contribution in [0.15, 0.2) is 0 Å². The van der Waals surface area contributed by atoms with Crippen LogP contribution in [0, 0.1) is 17.3 Å². The van der Waals surface area contributed by atoms with E-state index in [0.29, 0.717) is 83.2 Å². The number of nitrogens with one attached hydrogen (secondary N) is 4. The highest BCUT2D eigenvalue weighted by atomic mass is 16.4. The summed E-state index contributed by atoms with van der Waals surface area (Å²) in [6, 6.07) is -2.69. The molecule has 24 nitrogen and oxygen atoms in total. The van der Waals surface area contributed by atoms with E-state index < -0.39 is 54.0 Å². The minimum atomic E-state index is -1.12. The van der Waals surface area contributed by atoms with E-state index in [4.69, 9.17) is 27.4 Å². The number of aliphatic carboxylic acids is 4. The standard InChI is InChI=1S/C35H64N4O8.C31H57N3O7.C7H14O.C6H12O/c1-27(40)30(36)19-14-17-25-39-34(45)31(37)20-15-16-24-38-32(42)23-22-28(35(46)47)26-29(41)18-12-10-8-6-4-2-3-5-7-9-11-13-21-33(43)44;1-2-24-33-30(39)26(32)19-15-13-14-18-25(35)22-23-27(31(40)41)34-28(36)20-16-11-9-7-5-3-4-6-8-10-12-17-21-29(37)38;1-4-5-6(2)7(3)8;1-5(7)6(2,3)4/h28,30-31H,2-26,36-37H2,1H3,(H,38,42)(H,39,45)(H,43,44)(H,46,47);26-27H,2-24,32H2,1H3,(H,33,39)(H,34,36)(H,37,38)(H,40,41);6H,4-5H2,1-3H3;1-4H3/t28-,30+,31+;26-,27-;6-;/m100./s1. The minimum absolute atomic E-state index is 0.0220. The van der Waals surface area contributed by atoms with Crippen LogP contribution >= 0.6 is 0 Å². The van der Waals surface area contributed by atoms with Crippen molar-refractivity contribution in [1.82, 2.24) is 21.3 Å². The van der Waals surface area contributed by atoms with Crippen LogP contribution < -0.4 is 38.5 Å². The number of nitrogens with two attached hydrogens (primary N) is 3. The highest BCUT2D eigenvalue weighted by Crippen LogP contribution is 2.19. The Morgan fingerprint density at radius 3 is 1.07 bits per heavy atom. The normalized spacial score (nSPS) is 12.7. The summed E-state index contributed by atoms with van der Waals surface area (Å²) in [7, 11) is 0. The second-order valence-corrected chi connectivity index (χ2v) is 29.2. The highest BCUT2D eigenvalue weighted by Gasteiger charge is 2.24. The third kappa shape index (κ3) is 74.1. The average molecular weight is 1470 g/mol. The molecule has 14 N–H and O–H groups in total. The molecule has 0 unspecified atom stereocenters. The predicted molar refractivity (Wildman–Crippen MR) is 408 cm³/mol. The number of carboxylic acid groups (broad SMARTS) is 4. The zero-order chi connectivity index (χ0) is 78.7. The zero-order valence-electron chi connectivity index (χ0n) is 65.6. The molecule has 0 aromatic rings. The lowest BCUT2D eigenvalue weighted by molar-refractivity contribution is -0.144. The maximum absolute atomic E-state index is 12.4. The molecule has 0 spiro atoms. The van der Waals surface area contributed by atoms with Gasteiger partial charge in [0.25, 0.3) is 0 Å². The van der Waals surface area contributed by atoms with Crippen molar-refractivity contribution < 1.29 is 82.8 Å². The van der Waals surface area contributed by atoms with Crippen LogP contribution in [0.4, 0.5) is 0 Å². The van der Waals surface area contributed by atoms with E-state index in [9.17, 15) is 72.5 Å². The first kappa shape index (κ1) is 103. The molecule has 0 saturated carbocycles. The molecule has 0 bridgehead atoms. The SMILES string of the molecule is CC(=O)C(C)(C)C.CC(=O)[C@@H](N)CCCCNC(=O)[C@@H](N)CCCCNC(=O)CC[C@H](CC(=O)CCCCCCCCCCCCCCC(=O)O)C(=O)O.CCCNC(=O)[C@@H](N)CCCCCC(=O)CC[C@H](NC(=O)CCCCCCCCCCCCCCC(=O)O)C(=O)O.CCC[C@H](C)C(C)=O. The van der Waals surface area contributed by atoms with E-state index in [0.717, 1.165) is 141 Å². The Bertz CT molecular complexity index is 2310. The molecule has 4 amide bonds. The third-order valence-electron chi connectivity index (χ3n) is 18.2. The van der Waals surface area contributed by atoms with Crippen LogP contribution in [0.2, 0.25) is 0 Å². The monoisotopic (exact) mass is 1470 g/mol. The van der Waals surface area contributed by atoms with Gasteiger partial charge in [-0.15, -0.1) is 0 Å². The number of carbonyl (C=O) groups excluding carboxylic acids is 9. The maximum Gasteiger partial charge on any atom is 0.326 e. The number of Topliss-reactive ketones (excluding diaryl/α,β-unsaturated/α-hetero) is 5. The molecule has 0 heterocycles. The molecule has 24 heteroatoms. The van der Waals surface area contributed by atoms with Gasteiger partial charge in [0.2, 0.25) is 23.6 Å². The zero-order valence-corrected chi connectivity index (χ0v) is 65.6.